The van der Waals surface area contributed by atoms with Crippen LogP contribution < -0.4 is 0 Å². The van der Waals surface area contributed by atoms with Gasteiger partial charge in [0.2, 0.25) is 11.6 Å². The van der Waals surface area contributed by atoms with Crippen molar-refractivity contribution in [2.75, 3.05) is 0 Å². The summed E-state index contributed by atoms with van der Waals surface area (Å²) in [6.07, 6.45) is -1.81. The van der Waals surface area contributed by atoms with Crippen LogP contribution in [0.5, 0.6) is 0 Å². The largest absolute Gasteiger partial charge is 0.364 e. The number of amides is 1. The minimum atomic E-state index is -3.08. The maximum atomic E-state index is 13.0. The summed E-state index contributed by atoms with van der Waals surface area (Å²) in [5.74, 6) is -0.668. The van der Waals surface area contributed by atoms with Gasteiger partial charge in [-0.1, -0.05) is 0 Å². The molecule has 1 aliphatic heterocycles. The van der Waals surface area contributed by atoms with Crippen LogP contribution in [0.3, 0.4) is 0 Å². The fourth-order valence-corrected chi connectivity index (χ4v) is 2.43. The molecule has 1 atom stereocenters. The van der Waals surface area contributed by atoms with E-state index in [1.165, 1.54) is 11.6 Å². The zero-order chi connectivity index (χ0) is 15.8. The number of alkyl halides is 2. The summed E-state index contributed by atoms with van der Waals surface area (Å²) in [6, 6.07) is 0. The number of hydrazone groups is 1. The summed E-state index contributed by atoms with van der Waals surface area (Å²) in [5.41, 5.74) is -1.48. The van der Waals surface area contributed by atoms with Crippen LogP contribution in [-0.4, -0.2) is 43.7 Å². The van der Waals surface area contributed by atoms with Crippen molar-refractivity contribution in [2.45, 2.75) is 45.4 Å². The van der Waals surface area contributed by atoms with Crippen molar-refractivity contribution in [3.8, 4) is 0 Å². The monoisotopic (exact) mass is 364 g/mol. The first-order chi connectivity index (χ1) is 9.74. The molecule has 0 spiro atoms. The van der Waals surface area contributed by atoms with Crippen molar-refractivity contribution >= 4 is 27.5 Å². The molecule has 1 amide bonds. The summed E-state index contributed by atoms with van der Waals surface area (Å²) < 4.78 is 28.3. The molecule has 1 aliphatic rings. The first-order valence-corrected chi connectivity index (χ1v) is 7.10. The highest BCUT2D eigenvalue weighted by Crippen LogP contribution is 2.31. The lowest BCUT2D eigenvalue weighted by molar-refractivity contribution is -0.192. The molecule has 2 heterocycles. The van der Waals surface area contributed by atoms with Crippen LogP contribution in [0.2, 0.25) is 0 Å². The number of halogens is 3. The number of hydrogen-bond acceptors (Lipinski definition) is 4. The minimum Gasteiger partial charge on any atom is -0.364 e. The summed E-state index contributed by atoms with van der Waals surface area (Å²) >= 11 is 3.29. The second kappa shape index (κ2) is 5.80. The summed E-state index contributed by atoms with van der Waals surface area (Å²) in [6.45, 7) is 3.51. The molecule has 9 heteroatoms. The lowest BCUT2D eigenvalue weighted by atomic mass is 10.1. The zero-order valence-corrected chi connectivity index (χ0v) is 13.1. The van der Waals surface area contributed by atoms with Gasteiger partial charge in [0.15, 0.2) is 0 Å². The van der Waals surface area contributed by atoms with E-state index in [9.17, 15) is 18.7 Å². The van der Waals surface area contributed by atoms with Crippen LogP contribution in [0.4, 0.5) is 8.78 Å². The molecule has 116 valence electrons. The molecular formula is C12H15BrF2N4O2. The SMILES string of the molecule is CC1=NN(C(=O)CCn2cc(Br)c(C)n2)C(O)(C(F)F)C1. The molecule has 0 aliphatic carbocycles. The van der Waals surface area contributed by atoms with Crippen LogP contribution in [0.1, 0.15) is 25.5 Å². The quantitative estimate of drug-likeness (QED) is 0.886. The molecule has 0 saturated carbocycles. The van der Waals surface area contributed by atoms with Gasteiger partial charge in [-0.3, -0.25) is 9.48 Å². The zero-order valence-electron chi connectivity index (χ0n) is 11.6. The van der Waals surface area contributed by atoms with Crippen LogP contribution in [0, 0.1) is 6.92 Å². The summed E-state index contributed by atoms with van der Waals surface area (Å²) in [4.78, 5) is 12.0. The van der Waals surface area contributed by atoms with Gasteiger partial charge in [-0.05, 0) is 29.8 Å². The molecule has 2 rings (SSSR count). The Kier molecular flexibility index (Phi) is 4.43. The lowest BCUT2D eigenvalue weighted by Crippen LogP contribution is -2.51. The highest BCUT2D eigenvalue weighted by molar-refractivity contribution is 9.10. The number of aromatic nitrogens is 2. The number of rotatable bonds is 4. The Bertz CT molecular complexity index is 570. The second-order valence-corrected chi connectivity index (χ2v) is 5.83. The number of carbonyl (C=O) groups is 1. The van der Waals surface area contributed by atoms with Gasteiger partial charge in [-0.15, -0.1) is 0 Å². The van der Waals surface area contributed by atoms with Gasteiger partial charge in [-0.25, -0.2) is 8.78 Å². The van der Waals surface area contributed by atoms with E-state index in [0.717, 1.165) is 10.2 Å². The van der Waals surface area contributed by atoms with Crippen molar-refractivity contribution in [3.63, 3.8) is 0 Å². The predicted molar refractivity (Wildman–Crippen MR) is 74.8 cm³/mol. The number of carbonyl (C=O) groups excluding carboxylic acids is 1. The number of aliphatic hydroxyl groups is 1. The number of nitrogens with zero attached hydrogens (tertiary/aromatic N) is 4. The molecule has 0 fully saturated rings. The van der Waals surface area contributed by atoms with E-state index in [4.69, 9.17) is 0 Å². The molecule has 1 aromatic heterocycles. The highest BCUT2D eigenvalue weighted by Gasteiger charge is 2.50. The Morgan fingerprint density at radius 1 is 1.57 bits per heavy atom. The van der Waals surface area contributed by atoms with E-state index in [2.05, 4.69) is 26.1 Å². The van der Waals surface area contributed by atoms with Crippen LogP contribution in [0.15, 0.2) is 15.8 Å². The van der Waals surface area contributed by atoms with Gasteiger partial charge in [0, 0.05) is 31.3 Å². The number of hydrogen-bond donors (Lipinski definition) is 1. The predicted octanol–water partition coefficient (Wildman–Crippen LogP) is 1.91. The van der Waals surface area contributed by atoms with Crippen LogP contribution in [-0.2, 0) is 11.3 Å². The van der Waals surface area contributed by atoms with Gasteiger partial charge >= 0.3 is 0 Å². The van der Waals surface area contributed by atoms with E-state index in [1.54, 1.807) is 13.1 Å². The first kappa shape index (κ1) is 16.0. The van der Waals surface area contributed by atoms with E-state index >= 15 is 0 Å². The topological polar surface area (TPSA) is 70.7 Å². The third-order valence-electron chi connectivity index (χ3n) is 3.18. The first-order valence-electron chi connectivity index (χ1n) is 6.31. The highest BCUT2D eigenvalue weighted by atomic mass is 79.9. The fourth-order valence-electron chi connectivity index (χ4n) is 2.11. The van der Waals surface area contributed by atoms with E-state index in [-0.39, 0.29) is 19.4 Å². The van der Waals surface area contributed by atoms with E-state index in [1.807, 2.05) is 0 Å². The van der Waals surface area contributed by atoms with Gasteiger partial charge in [0.25, 0.3) is 6.43 Å². The smallest absolute Gasteiger partial charge is 0.287 e. The number of aryl methyl sites for hydroxylation is 2. The molecule has 1 unspecified atom stereocenters. The van der Waals surface area contributed by atoms with E-state index < -0.39 is 18.1 Å². The Morgan fingerprint density at radius 3 is 2.76 bits per heavy atom. The molecule has 1 aromatic rings. The molecule has 21 heavy (non-hydrogen) atoms. The molecule has 0 aromatic carbocycles. The van der Waals surface area contributed by atoms with Crippen LogP contribution in [0.25, 0.3) is 0 Å². The van der Waals surface area contributed by atoms with Gasteiger partial charge in [0.1, 0.15) is 0 Å². The average Bonchev–Trinajstić information content (AvgIpc) is 2.88. The minimum absolute atomic E-state index is 0.0840. The Balaban J connectivity index is 2.05. The van der Waals surface area contributed by atoms with Crippen molar-refractivity contribution < 1.29 is 18.7 Å². The van der Waals surface area contributed by atoms with Gasteiger partial charge in [-0.2, -0.15) is 15.2 Å². The Morgan fingerprint density at radius 2 is 2.24 bits per heavy atom. The molecule has 0 saturated heterocycles. The third-order valence-corrected chi connectivity index (χ3v) is 3.96. The molecule has 1 N–H and O–H groups in total. The van der Waals surface area contributed by atoms with Crippen molar-refractivity contribution in [1.29, 1.82) is 0 Å². The van der Waals surface area contributed by atoms with Crippen molar-refractivity contribution in [3.05, 3.63) is 16.4 Å². The standard InChI is InChI=1S/C12H15BrF2N4O2/c1-7-5-12(21,11(14)15)19(16-7)10(20)3-4-18-6-9(13)8(2)17-18/h6,11,21H,3-5H2,1-2H3. The molecule has 0 radical (unpaired) electrons. The second-order valence-electron chi connectivity index (χ2n) is 4.97. The Hall–Kier alpha value is -1.35. The lowest BCUT2D eigenvalue weighted by Gasteiger charge is -2.30. The maximum absolute atomic E-state index is 13.0. The molecular weight excluding hydrogens is 350 g/mol. The normalized spacial score (nSPS) is 22.0. The third kappa shape index (κ3) is 3.13. The fraction of sp³-hybridized carbons (Fsp3) is 0.583. The maximum Gasteiger partial charge on any atom is 0.287 e. The summed E-state index contributed by atoms with van der Waals surface area (Å²) in [5, 5.41) is 18.3. The summed E-state index contributed by atoms with van der Waals surface area (Å²) in [7, 11) is 0. The van der Waals surface area contributed by atoms with Gasteiger partial charge in [0.05, 0.1) is 10.2 Å². The molecule has 0 bridgehead atoms. The Labute approximate surface area is 128 Å². The average molecular weight is 365 g/mol. The molecule has 6 nitrogen and oxygen atoms in total. The van der Waals surface area contributed by atoms with E-state index in [0.29, 0.717) is 10.7 Å². The van der Waals surface area contributed by atoms with Crippen molar-refractivity contribution in [1.82, 2.24) is 14.8 Å². The van der Waals surface area contributed by atoms with Crippen LogP contribution >= 0.6 is 15.9 Å². The van der Waals surface area contributed by atoms with Crippen molar-refractivity contribution in [2.24, 2.45) is 5.10 Å². The van der Waals surface area contributed by atoms with Gasteiger partial charge < -0.3 is 5.11 Å².